The third kappa shape index (κ3) is 5.14. The number of methoxy groups -OCH3 is 1. The molecule has 0 fully saturated rings. The molecule has 2 aromatic heterocycles. The summed E-state index contributed by atoms with van der Waals surface area (Å²) in [5.41, 5.74) is 2.04. The van der Waals surface area contributed by atoms with Gasteiger partial charge in [0.2, 0.25) is 0 Å². The molecule has 8 heteroatoms. The van der Waals surface area contributed by atoms with Crippen molar-refractivity contribution < 1.29 is 19.1 Å². The molecule has 1 N–H and O–H groups in total. The zero-order valence-electron chi connectivity index (χ0n) is 15.4. The maximum Gasteiger partial charge on any atom is 0.312 e. The first kappa shape index (κ1) is 19.5. The van der Waals surface area contributed by atoms with Crippen molar-refractivity contribution >= 4 is 28.9 Å². The fourth-order valence-corrected chi connectivity index (χ4v) is 3.21. The number of amides is 1. The summed E-state index contributed by atoms with van der Waals surface area (Å²) in [4.78, 5) is 32.9. The minimum atomic E-state index is -0.935. The topological polar surface area (TPSA) is 90.4 Å². The fraction of sp³-hybridized carbons (Fsp3) is 0.200. The standard InChI is InChI=1S/C20H19N3O4S/c1-13(19(25)22-15-6-3-7-17(9-15)26-2)27-18(24)10-16-12-28-20(23-16)14-5-4-8-21-11-14/h3-9,11-13H,10H2,1-2H3,(H,22,25)/t13-/m1/s1. The number of pyridine rings is 1. The van der Waals surface area contributed by atoms with Gasteiger partial charge >= 0.3 is 5.97 Å². The number of ether oxygens (including phenoxy) is 2. The first-order valence-corrected chi connectivity index (χ1v) is 9.42. The fourth-order valence-electron chi connectivity index (χ4n) is 2.39. The number of carbonyl (C=O) groups is 2. The summed E-state index contributed by atoms with van der Waals surface area (Å²) in [6.45, 7) is 1.52. The van der Waals surface area contributed by atoms with Crippen LogP contribution in [0.2, 0.25) is 0 Å². The third-order valence-corrected chi connectivity index (χ3v) is 4.74. The Hall–Kier alpha value is -3.26. The third-order valence-electron chi connectivity index (χ3n) is 3.80. The van der Waals surface area contributed by atoms with E-state index in [0.717, 1.165) is 10.6 Å². The van der Waals surface area contributed by atoms with Gasteiger partial charge in [0, 0.05) is 35.1 Å². The highest BCUT2D eigenvalue weighted by Crippen LogP contribution is 2.23. The van der Waals surface area contributed by atoms with E-state index in [0.29, 0.717) is 17.1 Å². The van der Waals surface area contributed by atoms with Crippen LogP contribution in [0.1, 0.15) is 12.6 Å². The van der Waals surface area contributed by atoms with E-state index >= 15 is 0 Å². The van der Waals surface area contributed by atoms with Gasteiger partial charge in [0.1, 0.15) is 10.8 Å². The molecule has 0 saturated heterocycles. The molecule has 3 aromatic rings. The number of nitrogens with one attached hydrogen (secondary N) is 1. The van der Waals surface area contributed by atoms with Gasteiger partial charge in [0.05, 0.1) is 19.2 Å². The van der Waals surface area contributed by atoms with Crippen LogP contribution >= 0.6 is 11.3 Å². The Bertz CT molecular complexity index is 959. The van der Waals surface area contributed by atoms with Crippen molar-refractivity contribution in [1.29, 1.82) is 0 Å². The first-order chi connectivity index (χ1) is 13.5. The minimum absolute atomic E-state index is 0.00641. The predicted molar refractivity (Wildman–Crippen MR) is 106 cm³/mol. The molecule has 1 atom stereocenters. The van der Waals surface area contributed by atoms with E-state index in [4.69, 9.17) is 9.47 Å². The zero-order valence-corrected chi connectivity index (χ0v) is 16.2. The number of anilines is 1. The summed E-state index contributed by atoms with van der Waals surface area (Å²) in [7, 11) is 1.55. The Morgan fingerprint density at radius 1 is 1.25 bits per heavy atom. The second-order valence-corrected chi connectivity index (χ2v) is 6.77. The molecule has 1 amide bonds. The molecular weight excluding hydrogens is 378 g/mol. The molecule has 3 rings (SSSR count). The van der Waals surface area contributed by atoms with E-state index in [1.165, 1.54) is 18.3 Å². The lowest BCUT2D eigenvalue weighted by molar-refractivity contribution is -0.152. The van der Waals surface area contributed by atoms with Crippen molar-refractivity contribution in [2.24, 2.45) is 0 Å². The molecule has 0 radical (unpaired) electrons. The van der Waals surface area contributed by atoms with Crippen LogP contribution in [-0.4, -0.2) is 35.1 Å². The number of carbonyl (C=O) groups excluding carboxylic acids is 2. The van der Waals surface area contributed by atoms with E-state index in [9.17, 15) is 9.59 Å². The summed E-state index contributed by atoms with van der Waals surface area (Å²) in [6.07, 6.45) is 2.46. The number of aromatic nitrogens is 2. The quantitative estimate of drug-likeness (QED) is 0.615. The number of thiazole rings is 1. The smallest absolute Gasteiger partial charge is 0.312 e. The molecule has 0 spiro atoms. The van der Waals surface area contributed by atoms with Crippen molar-refractivity contribution in [1.82, 2.24) is 9.97 Å². The number of esters is 1. The highest BCUT2D eigenvalue weighted by Gasteiger charge is 2.19. The van der Waals surface area contributed by atoms with E-state index < -0.39 is 18.0 Å². The van der Waals surface area contributed by atoms with Gasteiger partial charge in [-0.2, -0.15) is 0 Å². The summed E-state index contributed by atoms with van der Waals surface area (Å²) in [6, 6.07) is 10.7. The predicted octanol–water partition coefficient (Wildman–Crippen LogP) is 3.33. The van der Waals surface area contributed by atoms with Crippen molar-refractivity contribution in [3.8, 4) is 16.3 Å². The average Bonchev–Trinajstić information content (AvgIpc) is 3.17. The maximum absolute atomic E-state index is 12.2. The van der Waals surface area contributed by atoms with Crippen LogP contribution < -0.4 is 10.1 Å². The molecule has 144 valence electrons. The highest BCUT2D eigenvalue weighted by atomic mass is 32.1. The molecule has 0 aliphatic rings. The Kier molecular flexibility index (Phi) is 6.33. The van der Waals surface area contributed by atoms with Gasteiger partial charge in [0.25, 0.3) is 5.91 Å². The number of nitrogens with zero attached hydrogens (tertiary/aromatic N) is 2. The van der Waals surface area contributed by atoms with Crippen LogP contribution in [-0.2, 0) is 20.7 Å². The lowest BCUT2D eigenvalue weighted by Crippen LogP contribution is -2.30. The second kappa shape index (κ2) is 9.09. The van der Waals surface area contributed by atoms with Crippen molar-refractivity contribution in [3.05, 3.63) is 59.9 Å². The number of rotatable bonds is 7. The van der Waals surface area contributed by atoms with Gasteiger partial charge in [0.15, 0.2) is 6.10 Å². The average molecular weight is 397 g/mol. The number of hydrogen-bond acceptors (Lipinski definition) is 7. The van der Waals surface area contributed by atoms with Gasteiger partial charge in [-0.1, -0.05) is 6.07 Å². The van der Waals surface area contributed by atoms with Gasteiger partial charge in [-0.15, -0.1) is 11.3 Å². The second-order valence-electron chi connectivity index (χ2n) is 5.92. The molecule has 2 heterocycles. The van der Waals surface area contributed by atoms with Crippen molar-refractivity contribution in [2.45, 2.75) is 19.4 Å². The Labute approximate surface area is 166 Å². The lowest BCUT2D eigenvalue weighted by Gasteiger charge is -2.13. The molecule has 28 heavy (non-hydrogen) atoms. The van der Waals surface area contributed by atoms with Gasteiger partial charge in [-0.25, -0.2) is 4.98 Å². The zero-order chi connectivity index (χ0) is 19.9. The molecule has 7 nitrogen and oxygen atoms in total. The lowest BCUT2D eigenvalue weighted by atomic mass is 10.2. The Balaban J connectivity index is 1.54. The molecular formula is C20H19N3O4S. The molecule has 0 unspecified atom stereocenters. The van der Waals surface area contributed by atoms with Crippen LogP contribution in [0.3, 0.4) is 0 Å². The Morgan fingerprint density at radius 2 is 2.11 bits per heavy atom. The monoisotopic (exact) mass is 397 g/mol. The summed E-state index contributed by atoms with van der Waals surface area (Å²) in [5.74, 6) is -0.317. The van der Waals surface area contributed by atoms with Crippen LogP contribution in [0.4, 0.5) is 5.69 Å². The van der Waals surface area contributed by atoms with E-state index in [1.54, 1.807) is 49.1 Å². The normalized spacial score (nSPS) is 11.5. The number of benzene rings is 1. The highest BCUT2D eigenvalue weighted by molar-refractivity contribution is 7.13. The largest absolute Gasteiger partial charge is 0.497 e. The van der Waals surface area contributed by atoms with Gasteiger partial charge in [-0.3, -0.25) is 14.6 Å². The van der Waals surface area contributed by atoms with E-state index in [-0.39, 0.29) is 6.42 Å². The summed E-state index contributed by atoms with van der Waals surface area (Å²) < 4.78 is 10.3. The molecule has 0 aliphatic carbocycles. The van der Waals surface area contributed by atoms with Gasteiger partial charge < -0.3 is 14.8 Å². The molecule has 0 aliphatic heterocycles. The Morgan fingerprint density at radius 3 is 2.86 bits per heavy atom. The molecule has 0 saturated carbocycles. The van der Waals surface area contributed by atoms with E-state index in [1.807, 2.05) is 12.1 Å². The van der Waals surface area contributed by atoms with Gasteiger partial charge in [-0.05, 0) is 31.2 Å². The van der Waals surface area contributed by atoms with Crippen molar-refractivity contribution in [3.63, 3.8) is 0 Å². The maximum atomic E-state index is 12.2. The number of hydrogen-bond donors (Lipinski definition) is 1. The van der Waals surface area contributed by atoms with Crippen molar-refractivity contribution in [2.75, 3.05) is 12.4 Å². The summed E-state index contributed by atoms with van der Waals surface area (Å²) >= 11 is 1.43. The molecule has 1 aromatic carbocycles. The van der Waals surface area contributed by atoms with Crippen LogP contribution in [0, 0.1) is 0 Å². The first-order valence-electron chi connectivity index (χ1n) is 8.54. The van der Waals surface area contributed by atoms with Crippen LogP contribution in [0.15, 0.2) is 54.2 Å². The van der Waals surface area contributed by atoms with E-state index in [2.05, 4.69) is 15.3 Å². The van der Waals surface area contributed by atoms with Crippen LogP contribution in [0.25, 0.3) is 10.6 Å². The minimum Gasteiger partial charge on any atom is -0.497 e. The SMILES string of the molecule is COc1cccc(NC(=O)[C@@H](C)OC(=O)Cc2csc(-c3cccnc3)n2)c1. The van der Waals surface area contributed by atoms with Crippen LogP contribution in [0.5, 0.6) is 5.75 Å². The summed E-state index contributed by atoms with van der Waals surface area (Å²) in [5, 5.41) is 5.27. The molecule has 0 bridgehead atoms.